The molecular weight excluding hydrogens is 297 g/mol. The second kappa shape index (κ2) is 9.08. The second-order valence-corrected chi connectivity index (χ2v) is 4.97. The largest absolute Gasteiger partial charge is 0.400 e. The van der Waals surface area contributed by atoms with Crippen LogP contribution < -0.4 is 16.6 Å². The summed E-state index contributed by atoms with van der Waals surface area (Å²) in [5, 5.41) is 11.4. The topological polar surface area (TPSA) is 75.5 Å². The standard InChI is InChI=1S/C12H17Cl2N3O.C2H6/c1-7(2)11(15)10(6-18)17(16)12-8(13)4-3-5-9(12)14;1-2/h3-5,7,18H,6,15-16H2,1-2H3;1-2H3/b11-10-;. The summed E-state index contributed by atoms with van der Waals surface area (Å²) in [7, 11) is 0. The van der Waals surface area contributed by atoms with E-state index in [4.69, 9.17) is 34.8 Å². The number of allylic oxidation sites excluding steroid dienone is 1. The molecule has 5 N–H and O–H groups in total. The van der Waals surface area contributed by atoms with Gasteiger partial charge in [0.05, 0.1) is 28.0 Å². The third kappa shape index (κ3) is 4.56. The Kier molecular flexibility index (Phi) is 8.65. The first-order valence-corrected chi connectivity index (χ1v) is 7.24. The molecule has 0 saturated heterocycles. The average molecular weight is 320 g/mol. The lowest BCUT2D eigenvalue weighted by Gasteiger charge is -2.25. The van der Waals surface area contributed by atoms with Gasteiger partial charge in [0.2, 0.25) is 0 Å². The molecule has 0 aromatic heterocycles. The molecule has 6 heteroatoms. The predicted octanol–water partition coefficient (Wildman–Crippen LogP) is 3.52. The van der Waals surface area contributed by atoms with Crippen LogP contribution in [0.25, 0.3) is 0 Å². The molecule has 0 unspecified atom stereocenters. The first-order valence-electron chi connectivity index (χ1n) is 6.48. The van der Waals surface area contributed by atoms with E-state index in [1.54, 1.807) is 18.2 Å². The summed E-state index contributed by atoms with van der Waals surface area (Å²) in [6.07, 6.45) is 0. The Labute approximate surface area is 130 Å². The minimum atomic E-state index is -0.290. The van der Waals surface area contributed by atoms with Crippen molar-refractivity contribution in [2.24, 2.45) is 17.5 Å². The van der Waals surface area contributed by atoms with Crippen LogP contribution in [0.5, 0.6) is 0 Å². The van der Waals surface area contributed by atoms with Crippen LogP contribution in [0.2, 0.25) is 10.0 Å². The quantitative estimate of drug-likeness (QED) is 0.586. The number of rotatable bonds is 4. The van der Waals surface area contributed by atoms with Crippen LogP contribution in [0.4, 0.5) is 5.69 Å². The van der Waals surface area contributed by atoms with Gasteiger partial charge in [0.15, 0.2) is 0 Å². The van der Waals surface area contributed by atoms with E-state index in [2.05, 4.69) is 0 Å². The molecule has 0 heterocycles. The van der Waals surface area contributed by atoms with Gasteiger partial charge in [-0.05, 0) is 18.1 Å². The normalized spacial score (nSPS) is 11.7. The van der Waals surface area contributed by atoms with Crippen molar-refractivity contribution in [3.05, 3.63) is 39.6 Å². The summed E-state index contributed by atoms with van der Waals surface area (Å²) in [6.45, 7) is 7.53. The summed E-state index contributed by atoms with van der Waals surface area (Å²) in [5.74, 6) is 6.01. The van der Waals surface area contributed by atoms with E-state index >= 15 is 0 Å². The Morgan fingerprint density at radius 1 is 1.25 bits per heavy atom. The zero-order valence-corrected chi connectivity index (χ0v) is 13.8. The first kappa shape index (κ1) is 19.1. The highest BCUT2D eigenvalue weighted by Crippen LogP contribution is 2.34. The Bertz CT molecular complexity index is 441. The van der Waals surface area contributed by atoms with Crippen molar-refractivity contribution in [3.63, 3.8) is 0 Å². The van der Waals surface area contributed by atoms with Gasteiger partial charge in [-0.1, -0.05) is 57.0 Å². The molecule has 20 heavy (non-hydrogen) atoms. The summed E-state index contributed by atoms with van der Waals surface area (Å²) in [5.41, 5.74) is 7.23. The molecule has 0 spiro atoms. The number of benzene rings is 1. The molecule has 114 valence electrons. The zero-order chi connectivity index (χ0) is 15.9. The number of hydrogen-bond acceptors (Lipinski definition) is 4. The Balaban J connectivity index is 0.00000172. The first-order chi connectivity index (χ1) is 9.40. The number of hydrogen-bond donors (Lipinski definition) is 3. The SMILES string of the molecule is CC.CC(C)/C(N)=C(\CO)N(N)c1c(Cl)cccc1Cl. The van der Waals surface area contributed by atoms with Crippen molar-refractivity contribution < 1.29 is 5.11 Å². The lowest BCUT2D eigenvalue weighted by atomic mass is 10.1. The smallest absolute Gasteiger partial charge is 0.0945 e. The molecule has 0 aliphatic heterocycles. The van der Waals surface area contributed by atoms with Crippen LogP contribution in [0.3, 0.4) is 0 Å². The van der Waals surface area contributed by atoms with Crippen LogP contribution in [0.15, 0.2) is 29.6 Å². The van der Waals surface area contributed by atoms with E-state index in [9.17, 15) is 5.11 Å². The fourth-order valence-corrected chi connectivity index (χ4v) is 2.07. The van der Waals surface area contributed by atoms with E-state index in [-0.39, 0.29) is 12.5 Å². The maximum absolute atomic E-state index is 9.41. The lowest BCUT2D eigenvalue weighted by molar-refractivity contribution is 0.324. The number of aliphatic hydroxyl groups excluding tert-OH is 1. The highest BCUT2D eigenvalue weighted by Gasteiger charge is 2.18. The fraction of sp³-hybridized carbons (Fsp3) is 0.429. The van der Waals surface area contributed by atoms with Crippen molar-refractivity contribution in [1.82, 2.24) is 0 Å². The van der Waals surface area contributed by atoms with Gasteiger partial charge in [-0.3, -0.25) is 5.01 Å². The van der Waals surface area contributed by atoms with E-state index < -0.39 is 0 Å². The van der Waals surface area contributed by atoms with E-state index in [0.29, 0.717) is 27.1 Å². The monoisotopic (exact) mass is 319 g/mol. The number of halogens is 2. The van der Waals surface area contributed by atoms with Crippen LogP contribution >= 0.6 is 23.2 Å². The van der Waals surface area contributed by atoms with Gasteiger partial charge in [0, 0.05) is 5.70 Å². The highest BCUT2D eigenvalue weighted by atomic mass is 35.5. The Morgan fingerprint density at radius 2 is 1.70 bits per heavy atom. The average Bonchev–Trinajstić information content (AvgIpc) is 2.41. The third-order valence-corrected chi connectivity index (χ3v) is 3.18. The van der Waals surface area contributed by atoms with Gasteiger partial charge < -0.3 is 10.8 Å². The molecule has 1 aromatic rings. The Morgan fingerprint density at radius 3 is 2.05 bits per heavy atom. The van der Waals surface area contributed by atoms with Crippen LogP contribution in [0, 0.1) is 5.92 Å². The van der Waals surface area contributed by atoms with Crippen LogP contribution in [-0.4, -0.2) is 11.7 Å². The molecule has 0 fully saturated rings. The molecule has 0 aliphatic carbocycles. The zero-order valence-electron chi connectivity index (χ0n) is 12.3. The van der Waals surface area contributed by atoms with Crippen molar-refractivity contribution >= 4 is 28.9 Å². The van der Waals surface area contributed by atoms with Crippen molar-refractivity contribution in [2.45, 2.75) is 27.7 Å². The van der Waals surface area contributed by atoms with Gasteiger partial charge in [-0.15, -0.1) is 0 Å². The number of nitrogens with two attached hydrogens (primary N) is 2. The molecule has 4 nitrogen and oxygen atoms in total. The number of anilines is 1. The number of nitrogens with zero attached hydrogens (tertiary/aromatic N) is 1. The van der Waals surface area contributed by atoms with Gasteiger partial charge in [-0.2, -0.15) is 0 Å². The van der Waals surface area contributed by atoms with Crippen LogP contribution in [-0.2, 0) is 0 Å². The maximum Gasteiger partial charge on any atom is 0.0945 e. The van der Waals surface area contributed by atoms with Crippen molar-refractivity contribution in [3.8, 4) is 0 Å². The molecule has 1 rings (SSSR count). The molecule has 1 aromatic carbocycles. The van der Waals surface area contributed by atoms with E-state index in [1.807, 2.05) is 27.7 Å². The van der Waals surface area contributed by atoms with E-state index in [1.165, 1.54) is 5.01 Å². The molecule has 0 atom stereocenters. The minimum absolute atomic E-state index is 0.0551. The lowest BCUT2D eigenvalue weighted by Crippen LogP contribution is -2.35. The number of hydrazine groups is 1. The molecule has 0 amide bonds. The molecule has 0 aliphatic rings. The number of para-hydroxylation sites is 1. The maximum atomic E-state index is 9.41. The molecule has 0 bridgehead atoms. The van der Waals surface area contributed by atoms with Crippen molar-refractivity contribution in [2.75, 3.05) is 11.6 Å². The Hall–Kier alpha value is -0.940. The van der Waals surface area contributed by atoms with Gasteiger partial charge >= 0.3 is 0 Å². The summed E-state index contributed by atoms with van der Waals surface area (Å²) < 4.78 is 0. The van der Waals surface area contributed by atoms with Gasteiger partial charge in [0.25, 0.3) is 0 Å². The predicted molar refractivity (Wildman–Crippen MR) is 87.6 cm³/mol. The molecule has 0 radical (unpaired) electrons. The fourth-order valence-electron chi connectivity index (χ4n) is 1.49. The third-order valence-electron chi connectivity index (χ3n) is 2.57. The van der Waals surface area contributed by atoms with Crippen molar-refractivity contribution in [1.29, 1.82) is 0 Å². The summed E-state index contributed by atoms with van der Waals surface area (Å²) >= 11 is 12.1. The highest BCUT2D eigenvalue weighted by molar-refractivity contribution is 6.39. The molecular formula is C14H23Cl2N3O. The van der Waals surface area contributed by atoms with E-state index in [0.717, 1.165) is 0 Å². The number of aliphatic hydroxyl groups is 1. The summed E-state index contributed by atoms with van der Waals surface area (Å²) in [6, 6.07) is 5.06. The molecule has 0 saturated carbocycles. The van der Waals surface area contributed by atoms with Gasteiger partial charge in [0.1, 0.15) is 0 Å². The second-order valence-electron chi connectivity index (χ2n) is 4.16. The van der Waals surface area contributed by atoms with Gasteiger partial charge in [-0.25, -0.2) is 5.84 Å². The minimum Gasteiger partial charge on any atom is -0.400 e. The summed E-state index contributed by atoms with van der Waals surface area (Å²) in [4.78, 5) is 0. The van der Waals surface area contributed by atoms with Crippen LogP contribution in [0.1, 0.15) is 27.7 Å².